The van der Waals surface area contributed by atoms with Crippen molar-refractivity contribution in [2.45, 2.75) is 25.2 Å². The van der Waals surface area contributed by atoms with Gasteiger partial charge in [0, 0.05) is 11.5 Å². The fraction of sp³-hybridized carbons (Fsp3) is 0.200. The predicted octanol–water partition coefficient (Wildman–Crippen LogP) is 6.37. The minimum Gasteiger partial charge on any atom is -0.207 e. The minimum absolute atomic E-state index is 0.127. The fourth-order valence-electron chi connectivity index (χ4n) is 2.56. The van der Waals surface area contributed by atoms with E-state index in [0.717, 1.165) is 11.6 Å². The highest BCUT2D eigenvalue weighted by Crippen LogP contribution is 2.32. The maximum Gasteiger partial charge on any atom is 0.200 e. The maximum atomic E-state index is 13.9. The summed E-state index contributed by atoms with van der Waals surface area (Å²) in [5.41, 5.74) is 0.00557. The van der Waals surface area contributed by atoms with Gasteiger partial charge >= 0.3 is 0 Å². The van der Waals surface area contributed by atoms with Gasteiger partial charge in [-0.15, -0.1) is 6.58 Å². The van der Waals surface area contributed by atoms with Crippen LogP contribution in [0.4, 0.5) is 26.3 Å². The van der Waals surface area contributed by atoms with Gasteiger partial charge in [0.05, 0.1) is 0 Å². The third kappa shape index (κ3) is 4.36. The lowest BCUT2D eigenvalue weighted by atomic mass is 9.92. The van der Waals surface area contributed by atoms with Gasteiger partial charge in [-0.3, -0.25) is 0 Å². The molecule has 2 aromatic rings. The Kier molecular flexibility index (Phi) is 6.66. The van der Waals surface area contributed by atoms with Crippen LogP contribution < -0.4 is 0 Å². The molecule has 0 aliphatic carbocycles. The summed E-state index contributed by atoms with van der Waals surface area (Å²) in [6.45, 7) is 3.42. The van der Waals surface area contributed by atoms with Crippen LogP contribution in [0.5, 0.6) is 0 Å². The Hall–Kier alpha value is -2.50. The second-order valence-corrected chi connectivity index (χ2v) is 5.71. The summed E-state index contributed by atoms with van der Waals surface area (Å²) in [4.78, 5) is 0. The summed E-state index contributed by atoms with van der Waals surface area (Å²) < 4.78 is 80.3. The molecule has 0 saturated carbocycles. The van der Waals surface area contributed by atoms with E-state index in [1.165, 1.54) is 12.1 Å². The number of hydrogen-bond donors (Lipinski definition) is 0. The van der Waals surface area contributed by atoms with Crippen LogP contribution in [0.2, 0.25) is 0 Å². The average Bonchev–Trinajstić information content (AvgIpc) is 2.64. The second kappa shape index (κ2) is 8.74. The van der Waals surface area contributed by atoms with Gasteiger partial charge in [0.15, 0.2) is 23.3 Å². The molecule has 0 N–H and O–H groups in total. The van der Waals surface area contributed by atoms with E-state index in [-0.39, 0.29) is 12.2 Å². The molecule has 0 amide bonds. The van der Waals surface area contributed by atoms with E-state index in [9.17, 15) is 26.3 Å². The first-order valence-electron chi connectivity index (χ1n) is 7.90. The zero-order valence-electron chi connectivity index (χ0n) is 13.7. The molecule has 0 fully saturated rings. The quantitative estimate of drug-likeness (QED) is 0.230. The first kappa shape index (κ1) is 19.8. The largest absolute Gasteiger partial charge is 0.207 e. The highest BCUT2D eigenvalue weighted by atomic mass is 19.2. The Morgan fingerprint density at radius 2 is 1.31 bits per heavy atom. The number of halogens is 6. The average molecular weight is 370 g/mol. The molecule has 2 rings (SSSR count). The molecule has 0 saturated heterocycles. The van der Waals surface area contributed by atoms with Crippen LogP contribution in [-0.4, -0.2) is 0 Å². The van der Waals surface area contributed by atoms with Crippen molar-refractivity contribution < 1.29 is 26.3 Å². The van der Waals surface area contributed by atoms with Crippen LogP contribution in [0, 0.1) is 34.9 Å². The van der Waals surface area contributed by atoms with Gasteiger partial charge in [-0.25, -0.2) is 26.3 Å². The Morgan fingerprint density at radius 3 is 1.85 bits per heavy atom. The highest BCUT2D eigenvalue weighted by molar-refractivity contribution is 5.30. The van der Waals surface area contributed by atoms with Gasteiger partial charge < -0.3 is 0 Å². The topological polar surface area (TPSA) is 0 Å². The van der Waals surface area contributed by atoms with Gasteiger partial charge in [0.2, 0.25) is 5.82 Å². The summed E-state index contributed by atoms with van der Waals surface area (Å²) in [5.74, 6) is -11.1. The van der Waals surface area contributed by atoms with E-state index in [1.807, 2.05) is 0 Å². The van der Waals surface area contributed by atoms with Gasteiger partial charge in [0.25, 0.3) is 0 Å². The molecule has 0 heterocycles. The van der Waals surface area contributed by atoms with E-state index in [2.05, 4.69) is 6.58 Å². The van der Waals surface area contributed by atoms with Crippen molar-refractivity contribution in [3.05, 3.63) is 95.1 Å². The van der Waals surface area contributed by atoms with E-state index in [1.54, 1.807) is 24.3 Å². The zero-order valence-corrected chi connectivity index (χ0v) is 13.7. The Morgan fingerprint density at radius 1 is 0.769 bits per heavy atom. The Labute approximate surface area is 147 Å². The summed E-state index contributed by atoms with van der Waals surface area (Å²) in [6.07, 6.45) is 5.67. The number of benzene rings is 2. The first-order valence-corrected chi connectivity index (χ1v) is 7.90. The standard InChI is InChI=1S/C20H16F6/c1-2-13(15-16(22)18(24)20(26)19(25)17(15)23)7-5-3-4-6-12-8-10-14(21)11-9-12/h2-4,8-11,13H,1,5-7H2/b4-3+. The summed E-state index contributed by atoms with van der Waals surface area (Å²) >= 11 is 0. The van der Waals surface area contributed by atoms with Crippen LogP contribution >= 0.6 is 0 Å². The number of hydrogen-bond acceptors (Lipinski definition) is 0. The van der Waals surface area contributed by atoms with Crippen LogP contribution in [-0.2, 0) is 6.42 Å². The van der Waals surface area contributed by atoms with E-state index >= 15 is 0 Å². The molecule has 1 atom stereocenters. The zero-order chi connectivity index (χ0) is 19.3. The molecule has 0 aliphatic rings. The molecule has 0 radical (unpaired) electrons. The van der Waals surface area contributed by atoms with Gasteiger partial charge in [-0.2, -0.15) is 0 Å². The molecule has 2 aromatic carbocycles. The van der Waals surface area contributed by atoms with Gasteiger partial charge in [-0.05, 0) is 37.0 Å². The molecule has 0 spiro atoms. The summed E-state index contributed by atoms with van der Waals surface area (Å²) in [6, 6.07) is 5.92. The predicted molar refractivity (Wildman–Crippen MR) is 87.6 cm³/mol. The SMILES string of the molecule is C=CC(CC/C=C/Cc1ccc(F)cc1)c1c(F)c(F)c(F)c(F)c1F. The van der Waals surface area contributed by atoms with Gasteiger partial charge in [-0.1, -0.05) is 30.4 Å². The molecule has 138 valence electrons. The lowest BCUT2D eigenvalue weighted by Gasteiger charge is -2.15. The molecule has 1 unspecified atom stereocenters. The van der Waals surface area contributed by atoms with E-state index in [4.69, 9.17) is 0 Å². The van der Waals surface area contributed by atoms with Crippen molar-refractivity contribution in [1.29, 1.82) is 0 Å². The van der Waals surface area contributed by atoms with Crippen LogP contribution in [0.1, 0.15) is 29.9 Å². The van der Waals surface area contributed by atoms with Crippen LogP contribution in [0.15, 0.2) is 49.1 Å². The molecule has 0 aromatic heterocycles. The second-order valence-electron chi connectivity index (χ2n) is 5.71. The van der Waals surface area contributed by atoms with Crippen molar-refractivity contribution in [2.24, 2.45) is 0 Å². The summed E-state index contributed by atoms with van der Waals surface area (Å²) in [7, 11) is 0. The fourth-order valence-corrected chi connectivity index (χ4v) is 2.56. The molecule has 0 nitrogen and oxygen atoms in total. The summed E-state index contributed by atoms with van der Waals surface area (Å²) in [5, 5.41) is 0. The third-order valence-corrected chi connectivity index (χ3v) is 3.98. The molecule has 6 heteroatoms. The van der Waals surface area contributed by atoms with Gasteiger partial charge in [0.1, 0.15) is 5.82 Å². The monoisotopic (exact) mass is 370 g/mol. The lowest BCUT2D eigenvalue weighted by Crippen LogP contribution is -2.10. The van der Waals surface area contributed by atoms with E-state index in [0.29, 0.717) is 12.8 Å². The minimum atomic E-state index is -2.18. The Balaban J connectivity index is 2.05. The van der Waals surface area contributed by atoms with Crippen molar-refractivity contribution in [3.8, 4) is 0 Å². The van der Waals surface area contributed by atoms with Crippen LogP contribution in [0.3, 0.4) is 0 Å². The molecular formula is C20H16F6. The first-order chi connectivity index (χ1) is 12.4. The maximum absolute atomic E-state index is 13.9. The third-order valence-electron chi connectivity index (χ3n) is 3.98. The molecule has 0 bridgehead atoms. The number of rotatable bonds is 7. The lowest BCUT2D eigenvalue weighted by molar-refractivity contribution is 0.366. The number of allylic oxidation sites excluding steroid dienone is 3. The molecular weight excluding hydrogens is 354 g/mol. The van der Waals surface area contributed by atoms with Crippen molar-refractivity contribution in [2.75, 3.05) is 0 Å². The molecule has 26 heavy (non-hydrogen) atoms. The Bertz CT molecular complexity index is 779. The molecule has 0 aliphatic heterocycles. The van der Waals surface area contributed by atoms with Crippen molar-refractivity contribution >= 4 is 0 Å². The normalized spacial score (nSPS) is 12.5. The smallest absolute Gasteiger partial charge is 0.200 e. The van der Waals surface area contributed by atoms with Crippen LogP contribution in [0.25, 0.3) is 0 Å². The van der Waals surface area contributed by atoms with E-state index < -0.39 is 40.6 Å². The van der Waals surface area contributed by atoms with Crippen molar-refractivity contribution in [1.82, 2.24) is 0 Å². The highest BCUT2D eigenvalue weighted by Gasteiger charge is 2.28. The van der Waals surface area contributed by atoms with Crippen molar-refractivity contribution in [3.63, 3.8) is 0 Å².